The van der Waals surface area contributed by atoms with E-state index < -0.39 is 0 Å². The lowest BCUT2D eigenvalue weighted by Gasteiger charge is -2.47. The van der Waals surface area contributed by atoms with Gasteiger partial charge < -0.3 is 19.8 Å². The third kappa shape index (κ3) is 2.35. The van der Waals surface area contributed by atoms with Crippen molar-refractivity contribution < 1.29 is 14.3 Å². The molecular weight excluding hydrogens is 316 g/mol. The Hall–Kier alpha value is -1.56. The van der Waals surface area contributed by atoms with Crippen molar-refractivity contribution in [1.82, 2.24) is 10.3 Å². The first-order chi connectivity index (χ1) is 11.2. The van der Waals surface area contributed by atoms with Crippen LogP contribution in [0.2, 0.25) is 5.02 Å². The highest BCUT2D eigenvalue weighted by atomic mass is 35.5. The standard InChI is InChI=1S/C17H19ClN2O3/c1-22-8-11-14(10-6-7-23-16(10)11)20-17(21)15-13(18)9-4-2-3-5-12(9)19-15/h2-5,10-11,14,16,19H,6-8H2,1H3,(H,20,21)/t10-,11+,14+,16-/m1/s1. The molecule has 2 aliphatic rings. The second kappa shape index (κ2) is 5.82. The molecule has 5 nitrogen and oxygen atoms in total. The summed E-state index contributed by atoms with van der Waals surface area (Å²) >= 11 is 6.36. The lowest BCUT2D eigenvalue weighted by Crippen LogP contribution is -2.62. The number of amides is 1. The van der Waals surface area contributed by atoms with Crippen LogP contribution in [0.15, 0.2) is 24.3 Å². The van der Waals surface area contributed by atoms with E-state index >= 15 is 0 Å². The van der Waals surface area contributed by atoms with Gasteiger partial charge in [-0.05, 0) is 12.5 Å². The monoisotopic (exact) mass is 334 g/mol. The zero-order chi connectivity index (χ0) is 16.0. The van der Waals surface area contributed by atoms with Crippen LogP contribution in [0.5, 0.6) is 0 Å². The number of carbonyl (C=O) groups excluding carboxylic acids is 1. The molecule has 6 heteroatoms. The Bertz CT molecular complexity index is 745. The quantitative estimate of drug-likeness (QED) is 0.903. The zero-order valence-electron chi connectivity index (χ0n) is 12.8. The fraction of sp³-hybridized carbons (Fsp3) is 0.471. The van der Waals surface area contributed by atoms with E-state index in [0.29, 0.717) is 23.2 Å². The molecule has 2 aromatic rings. The number of hydrogen-bond donors (Lipinski definition) is 2. The van der Waals surface area contributed by atoms with Gasteiger partial charge in [0.05, 0.1) is 17.7 Å². The first kappa shape index (κ1) is 15.0. The van der Waals surface area contributed by atoms with Crippen molar-refractivity contribution in [2.45, 2.75) is 18.6 Å². The maximum atomic E-state index is 12.7. The van der Waals surface area contributed by atoms with Gasteiger partial charge in [-0.1, -0.05) is 29.8 Å². The number of hydrogen-bond acceptors (Lipinski definition) is 3. The lowest BCUT2D eigenvalue weighted by atomic mass is 9.67. The molecule has 1 aliphatic carbocycles. The summed E-state index contributed by atoms with van der Waals surface area (Å²) in [5.74, 6) is 0.421. The maximum absolute atomic E-state index is 12.7. The van der Waals surface area contributed by atoms with E-state index in [1.807, 2.05) is 24.3 Å². The summed E-state index contributed by atoms with van der Waals surface area (Å²) in [6.45, 7) is 1.35. The molecule has 1 aliphatic heterocycles. The Labute approximate surface area is 139 Å². The average Bonchev–Trinajstić information content (AvgIpc) is 3.13. The number of halogens is 1. The summed E-state index contributed by atoms with van der Waals surface area (Å²) in [7, 11) is 1.68. The van der Waals surface area contributed by atoms with Crippen LogP contribution < -0.4 is 5.32 Å². The second-order valence-corrected chi connectivity index (χ2v) is 6.64. The summed E-state index contributed by atoms with van der Waals surface area (Å²) < 4.78 is 11.0. The molecule has 0 spiro atoms. The van der Waals surface area contributed by atoms with E-state index in [2.05, 4.69) is 10.3 Å². The van der Waals surface area contributed by atoms with Gasteiger partial charge in [-0.2, -0.15) is 0 Å². The van der Waals surface area contributed by atoms with Crippen LogP contribution in [0.3, 0.4) is 0 Å². The number of methoxy groups -OCH3 is 1. The summed E-state index contributed by atoms with van der Waals surface area (Å²) in [5, 5.41) is 4.46. The van der Waals surface area contributed by atoms with E-state index in [4.69, 9.17) is 21.1 Å². The molecule has 4 rings (SSSR count). The molecule has 4 atom stereocenters. The second-order valence-electron chi connectivity index (χ2n) is 6.27. The number of rotatable bonds is 4. The molecular formula is C17H19ClN2O3. The highest BCUT2D eigenvalue weighted by molar-refractivity contribution is 6.38. The molecule has 0 radical (unpaired) electrons. The van der Waals surface area contributed by atoms with Gasteiger partial charge in [0, 0.05) is 42.5 Å². The number of para-hydroxylation sites is 1. The molecule has 1 saturated carbocycles. The van der Waals surface area contributed by atoms with Gasteiger partial charge in [0.2, 0.25) is 0 Å². The molecule has 122 valence electrons. The number of nitrogens with one attached hydrogen (secondary N) is 2. The Kier molecular flexibility index (Phi) is 3.79. The third-order valence-corrected chi connectivity index (χ3v) is 5.45. The fourth-order valence-corrected chi connectivity index (χ4v) is 4.22. The van der Waals surface area contributed by atoms with Crippen LogP contribution in [-0.2, 0) is 9.47 Å². The summed E-state index contributed by atoms with van der Waals surface area (Å²) in [6.07, 6.45) is 1.19. The van der Waals surface area contributed by atoms with Crippen molar-refractivity contribution in [2.75, 3.05) is 20.3 Å². The van der Waals surface area contributed by atoms with Crippen LogP contribution in [0.25, 0.3) is 10.9 Å². The van der Waals surface area contributed by atoms with E-state index in [1.165, 1.54) is 0 Å². The topological polar surface area (TPSA) is 63.3 Å². The summed E-state index contributed by atoms with van der Waals surface area (Å²) in [4.78, 5) is 15.8. The van der Waals surface area contributed by atoms with Crippen LogP contribution in [0.4, 0.5) is 0 Å². The van der Waals surface area contributed by atoms with Crippen LogP contribution >= 0.6 is 11.6 Å². The van der Waals surface area contributed by atoms with Crippen LogP contribution in [-0.4, -0.2) is 43.4 Å². The molecule has 23 heavy (non-hydrogen) atoms. The summed E-state index contributed by atoms with van der Waals surface area (Å²) in [5.41, 5.74) is 1.29. The molecule has 2 fully saturated rings. The van der Waals surface area contributed by atoms with E-state index in [9.17, 15) is 4.79 Å². The van der Waals surface area contributed by atoms with E-state index in [1.54, 1.807) is 7.11 Å². The van der Waals surface area contributed by atoms with Crippen molar-refractivity contribution in [3.05, 3.63) is 35.0 Å². The van der Waals surface area contributed by atoms with Gasteiger partial charge in [0.15, 0.2) is 0 Å². The van der Waals surface area contributed by atoms with Gasteiger partial charge in [-0.3, -0.25) is 4.79 Å². The number of ether oxygens (including phenoxy) is 2. The molecule has 2 heterocycles. The Morgan fingerprint density at radius 2 is 2.30 bits per heavy atom. The van der Waals surface area contributed by atoms with Gasteiger partial charge in [-0.25, -0.2) is 0 Å². The maximum Gasteiger partial charge on any atom is 0.269 e. The predicted octanol–water partition coefficient (Wildman–Crippen LogP) is 2.60. The molecule has 1 aromatic carbocycles. The Morgan fingerprint density at radius 1 is 1.48 bits per heavy atom. The SMILES string of the molecule is COC[C@H]1[C@@H](NC(=O)c2[nH]c3ccccc3c2Cl)[C@H]2CCO[C@H]21. The van der Waals surface area contributed by atoms with Crippen molar-refractivity contribution in [3.63, 3.8) is 0 Å². The Morgan fingerprint density at radius 3 is 3.09 bits per heavy atom. The third-order valence-electron chi connectivity index (χ3n) is 5.05. The minimum absolute atomic E-state index is 0.0810. The Balaban J connectivity index is 1.55. The molecule has 2 N–H and O–H groups in total. The van der Waals surface area contributed by atoms with Crippen molar-refractivity contribution in [3.8, 4) is 0 Å². The molecule has 1 saturated heterocycles. The normalized spacial score (nSPS) is 29.3. The zero-order valence-corrected chi connectivity index (χ0v) is 13.6. The molecule has 0 unspecified atom stereocenters. The van der Waals surface area contributed by atoms with Crippen molar-refractivity contribution in [2.24, 2.45) is 11.8 Å². The average molecular weight is 335 g/mol. The van der Waals surface area contributed by atoms with Crippen LogP contribution in [0.1, 0.15) is 16.9 Å². The number of aromatic nitrogens is 1. The summed E-state index contributed by atoms with van der Waals surface area (Å²) in [6, 6.07) is 7.72. The van der Waals surface area contributed by atoms with Gasteiger partial charge in [0.25, 0.3) is 5.91 Å². The van der Waals surface area contributed by atoms with Crippen LogP contribution in [0, 0.1) is 11.8 Å². The highest BCUT2D eigenvalue weighted by Crippen LogP contribution is 2.44. The fourth-order valence-electron chi connectivity index (χ4n) is 3.92. The smallest absolute Gasteiger partial charge is 0.269 e. The predicted molar refractivity (Wildman–Crippen MR) is 87.8 cm³/mol. The first-order valence-corrected chi connectivity index (χ1v) is 8.26. The van der Waals surface area contributed by atoms with E-state index in [-0.39, 0.29) is 24.0 Å². The minimum Gasteiger partial charge on any atom is -0.384 e. The number of carbonyl (C=O) groups is 1. The van der Waals surface area contributed by atoms with Gasteiger partial charge >= 0.3 is 0 Å². The first-order valence-electron chi connectivity index (χ1n) is 7.88. The number of benzene rings is 1. The largest absolute Gasteiger partial charge is 0.384 e. The highest BCUT2D eigenvalue weighted by Gasteiger charge is 2.54. The molecule has 0 bridgehead atoms. The number of aromatic amines is 1. The number of fused-ring (bicyclic) bond motifs is 2. The molecule has 1 aromatic heterocycles. The van der Waals surface area contributed by atoms with Crippen molar-refractivity contribution in [1.29, 1.82) is 0 Å². The van der Waals surface area contributed by atoms with Gasteiger partial charge in [-0.15, -0.1) is 0 Å². The number of H-pyrrole nitrogens is 1. The van der Waals surface area contributed by atoms with Gasteiger partial charge in [0.1, 0.15) is 5.69 Å². The van der Waals surface area contributed by atoms with E-state index in [0.717, 1.165) is 23.9 Å². The molecule has 1 amide bonds. The van der Waals surface area contributed by atoms with Crippen molar-refractivity contribution >= 4 is 28.4 Å². The lowest BCUT2D eigenvalue weighted by molar-refractivity contribution is -0.0810. The minimum atomic E-state index is -0.164.